The molecule has 33 heavy (non-hydrogen) atoms. The van der Waals surface area contributed by atoms with Gasteiger partial charge in [-0.1, -0.05) is 42.5 Å². The normalized spacial score (nSPS) is 22.3. The molecule has 2 aromatic carbocycles. The maximum Gasteiger partial charge on any atom is 0.271 e. The molecule has 1 aromatic heterocycles. The number of carbonyl (C=O) groups is 1. The van der Waals surface area contributed by atoms with Crippen LogP contribution in [-0.4, -0.2) is 63.8 Å². The van der Waals surface area contributed by atoms with Crippen molar-refractivity contribution in [3.63, 3.8) is 0 Å². The van der Waals surface area contributed by atoms with Crippen LogP contribution in [0.15, 0.2) is 73.2 Å². The molecule has 0 unspecified atom stereocenters. The summed E-state index contributed by atoms with van der Waals surface area (Å²) in [6, 6.07) is 15.3. The summed E-state index contributed by atoms with van der Waals surface area (Å²) in [5.74, 6) is -0.799. The molecule has 1 fully saturated rings. The number of hydrogen-bond acceptors (Lipinski definition) is 6. The first-order valence-electron chi connectivity index (χ1n) is 10.9. The highest BCUT2D eigenvalue weighted by atomic mass is 19.1. The summed E-state index contributed by atoms with van der Waals surface area (Å²) in [6.45, 7) is 0.662. The van der Waals surface area contributed by atoms with Gasteiger partial charge in [-0.05, 0) is 31.2 Å². The lowest BCUT2D eigenvalue weighted by Crippen LogP contribution is -2.52. The van der Waals surface area contributed by atoms with Crippen molar-refractivity contribution in [2.75, 3.05) is 13.6 Å². The lowest BCUT2D eigenvalue weighted by molar-refractivity contribution is 0.0135. The number of ether oxygens (including phenoxy) is 1. The Morgan fingerprint density at radius 2 is 1.94 bits per heavy atom. The minimum absolute atomic E-state index is 0.0770. The van der Waals surface area contributed by atoms with Crippen LogP contribution in [0.25, 0.3) is 0 Å². The summed E-state index contributed by atoms with van der Waals surface area (Å²) >= 11 is 0. The number of amides is 1. The number of hydrogen-bond donors (Lipinski definition) is 2. The van der Waals surface area contributed by atoms with E-state index in [1.807, 2.05) is 30.1 Å². The van der Waals surface area contributed by atoms with E-state index < -0.39 is 30.1 Å². The average molecular weight is 451 g/mol. The molecule has 0 saturated heterocycles. The molecule has 8 heteroatoms. The predicted molar refractivity (Wildman–Crippen MR) is 121 cm³/mol. The van der Waals surface area contributed by atoms with Gasteiger partial charge < -0.3 is 15.2 Å². The number of rotatable bonds is 8. The first kappa shape index (κ1) is 22.8. The minimum Gasteiger partial charge on any atom is -0.485 e. The van der Waals surface area contributed by atoms with Gasteiger partial charge in [-0.25, -0.2) is 9.37 Å². The Hall–Kier alpha value is -3.36. The molecule has 172 valence electrons. The van der Waals surface area contributed by atoms with E-state index >= 15 is 0 Å². The molecule has 0 aliphatic heterocycles. The Bertz CT molecular complexity index is 1050. The Morgan fingerprint density at radius 1 is 1.18 bits per heavy atom. The smallest absolute Gasteiger partial charge is 0.271 e. The number of aromatic nitrogens is 2. The first-order chi connectivity index (χ1) is 16.0. The second-order valence-electron chi connectivity index (χ2n) is 8.19. The van der Waals surface area contributed by atoms with Crippen molar-refractivity contribution in [3.8, 4) is 5.75 Å². The summed E-state index contributed by atoms with van der Waals surface area (Å²) in [5, 5.41) is 14.1. The van der Waals surface area contributed by atoms with Crippen LogP contribution >= 0.6 is 0 Å². The van der Waals surface area contributed by atoms with Crippen molar-refractivity contribution >= 4 is 5.91 Å². The molecule has 1 aliphatic carbocycles. The maximum atomic E-state index is 14.2. The highest BCUT2D eigenvalue weighted by Crippen LogP contribution is 2.30. The monoisotopic (exact) mass is 450 g/mol. The number of nitrogens with zero attached hydrogens (tertiary/aromatic N) is 3. The fourth-order valence-electron chi connectivity index (χ4n) is 4.28. The van der Waals surface area contributed by atoms with Gasteiger partial charge in [0, 0.05) is 25.4 Å². The van der Waals surface area contributed by atoms with Gasteiger partial charge in [0.25, 0.3) is 5.91 Å². The van der Waals surface area contributed by atoms with Crippen molar-refractivity contribution in [2.24, 2.45) is 0 Å². The summed E-state index contributed by atoms with van der Waals surface area (Å²) in [4.78, 5) is 22.8. The van der Waals surface area contributed by atoms with E-state index in [1.165, 1.54) is 36.3 Å². The summed E-state index contributed by atoms with van der Waals surface area (Å²) in [7, 11) is 1.91. The molecule has 1 saturated carbocycles. The Kier molecular flexibility index (Phi) is 7.26. The largest absolute Gasteiger partial charge is 0.485 e. The number of carbonyl (C=O) groups excluding carboxylic acids is 1. The van der Waals surface area contributed by atoms with Crippen molar-refractivity contribution in [1.82, 2.24) is 20.2 Å². The van der Waals surface area contributed by atoms with E-state index in [9.17, 15) is 14.3 Å². The standard InChI is InChI=1S/C25H27FN4O3/c1-30(14-11-17-7-3-2-4-8-17)23-19(29-25(32)20-16-27-12-13-28-20)15-22(24(23)31)33-21-10-6-5-9-18(21)26/h2-10,12-13,16,19,22-24,31H,11,14-15H2,1H3,(H,29,32)/t19-,22-,23+,24+/m1/s1. The second-order valence-corrected chi connectivity index (χ2v) is 8.19. The topological polar surface area (TPSA) is 87.6 Å². The molecule has 4 rings (SSSR count). The Morgan fingerprint density at radius 3 is 2.67 bits per heavy atom. The summed E-state index contributed by atoms with van der Waals surface area (Å²) < 4.78 is 20.0. The molecule has 1 aliphatic rings. The average Bonchev–Trinajstić information content (AvgIpc) is 3.14. The van der Waals surface area contributed by atoms with Crippen molar-refractivity contribution < 1.29 is 19.0 Å². The molecule has 4 atom stereocenters. The number of halogens is 1. The van der Waals surface area contributed by atoms with Crippen molar-refractivity contribution in [2.45, 2.75) is 37.1 Å². The number of aliphatic hydroxyl groups is 1. The number of nitrogens with one attached hydrogen (secondary N) is 1. The van der Waals surface area contributed by atoms with Crippen LogP contribution in [-0.2, 0) is 6.42 Å². The van der Waals surface area contributed by atoms with Gasteiger partial charge >= 0.3 is 0 Å². The van der Waals surface area contributed by atoms with Gasteiger partial charge in [0.05, 0.1) is 18.3 Å². The van der Waals surface area contributed by atoms with Gasteiger partial charge in [-0.15, -0.1) is 0 Å². The number of para-hydroxylation sites is 1. The molecule has 2 N–H and O–H groups in total. The van der Waals surface area contributed by atoms with Gasteiger partial charge in [0.1, 0.15) is 17.9 Å². The quantitative estimate of drug-likeness (QED) is 0.548. The van der Waals surface area contributed by atoms with Crippen molar-refractivity contribution in [1.29, 1.82) is 0 Å². The van der Waals surface area contributed by atoms with Crippen LogP contribution in [0.2, 0.25) is 0 Å². The van der Waals surface area contributed by atoms with Crippen LogP contribution < -0.4 is 10.1 Å². The van der Waals surface area contributed by atoms with Crippen molar-refractivity contribution in [3.05, 3.63) is 90.3 Å². The third-order valence-electron chi connectivity index (χ3n) is 5.96. The van der Waals surface area contributed by atoms with Crippen LogP contribution in [0.5, 0.6) is 5.75 Å². The SMILES string of the molecule is CN(CCc1ccccc1)[C@@H]1[C@@H](O)[C@H](Oc2ccccc2F)C[C@H]1NC(=O)c1cnccn1. The van der Waals surface area contributed by atoms with E-state index in [1.54, 1.807) is 12.1 Å². The second kappa shape index (κ2) is 10.5. The molecular formula is C25H27FN4O3. The molecule has 0 spiro atoms. The molecule has 3 aromatic rings. The summed E-state index contributed by atoms with van der Waals surface area (Å²) in [6.07, 6.45) is 3.82. The molecule has 1 heterocycles. The van der Waals surface area contributed by atoms with Gasteiger partial charge in [0.15, 0.2) is 11.6 Å². The van der Waals surface area contributed by atoms with Gasteiger partial charge in [-0.2, -0.15) is 0 Å². The van der Waals surface area contributed by atoms with Crippen LogP contribution in [0.4, 0.5) is 4.39 Å². The minimum atomic E-state index is -0.933. The lowest BCUT2D eigenvalue weighted by atomic mass is 10.1. The van der Waals surface area contributed by atoms with E-state index in [0.29, 0.717) is 13.0 Å². The van der Waals surface area contributed by atoms with E-state index in [-0.39, 0.29) is 17.4 Å². The van der Waals surface area contributed by atoms with E-state index in [2.05, 4.69) is 27.4 Å². The molecule has 0 bridgehead atoms. The zero-order chi connectivity index (χ0) is 23.2. The third kappa shape index (κ3) is 5.53. The van der Waals surface area contributed by atoms with Crippen LogP contribution in [0, 0.1) is 5.82 Å². The van der Waals surface area contributed by atoms with Crippen LogP contribution in [0.1, 0.15) is 22.5 Å². The number of likely N-dealkylation sites (N-methyl/N-ethyl adjacent to an activating group) is 1. The van der Waals surface area contributed by atoms with Crippen LogP contribution in [0.3, 0.4) is 0 Å². The van der Waals surface area contributed by atoms with Gasteiger partial charge in [-0.3, -0.25) is 14.7 Å². The fourth-order valence-corrected chi connectivity index (χ4v) is 4.28. The summed E-state index contributed by atoms with van der Waals surface area (Å²) in [5.41, 5.74) is 1.37. The molecule has 0 radical (unpaired) electrons. The zero-order valence-corrected chi connectivity index (χ0v) is 18.3. The Labute approximate surface area is 192 Å². The molecular weight excluding hydrogens is 423 g/mol. The molecule has 7 nitrogen and oxygen atoms in total. The van der Waals surface area contributed by atoms with Gasteiger partial charge in [0.2, 0.25) is 0 Å². The first-order valence-corrected chi connectivity index (χ1v) is 10.9. The Balaban J connectivity index is 1.51. The zero-order valence-electron chi connectivity index (χ0n) is 18.3. The molecule has 1 amide bonds. The number of benzene rings is 2. The highest BCUT2D eigenvalue weighted by Gasteiger charge is 2.46. The lowest BCUT2D eigenvalue weighted by Gasteiger charge is -2.32. The fraction of sp³-hybridized carbons (Fsp3) is 0.320. The predicted octanol–water partition coefficient (Wildman–Crippen LogP) is 2.47. The third-order valence-corrected chi connectivity index (χ3v) is 5.96. The van der Waals surface area contributed by atoms with E-state index in [0.717, 1.165) is 6.42 Å². The highest BCUT2D eigenvalue weighted by molar-refractivity contribution is 5.92. The number of aliphatic hydroxyl groups excluding tert-OH is 1. The maximum absolute atomic E-state index is 14.2. The van der Waals surface area contributed by atoms with E-state index in [4.69, 9.17) is 4.74 Å².